The van der Waals surface area contributed by atoms with Crippen molar-refractivity contribution in [2.24, 2.45) is 0 Å². The van der Waals surface area contributed by atoms with Crippen LogP contribution >= 0.6 is 11.9 Å². The maximum absolute atomic E-state index is 11.3. The topological polar surface area (TPSA) is 30.2 Å². The zero-order valence-corrected chi connectivity index (χ0v) is 8.17. The van der Waals surface area contributed by atoms with E-state index in [2.05, 4.69) is 4.31 Å². The summed E-state index contributed by atoms with van der Waals surface area (Å²) in [5.41, 5.74) is 0. The lowest BCUT2D eigenvalue weighted by molar-refractivity contribution is -0.645. The minimum absolute atomic E-state index is 0.768. The van der Waals surface area contributed by atoms with Crippen LogP contribution in [0.15, 0.2) is 29.4 Å². The Labute approximate surface area is 82.1 Å². The number of pyridine rings is 1. The van der Waals surface area contributed by atoms with E-state index < -0.39 is 0 Å². The van der Waals surface area contributed by atoms with E-state index in [-0.39, 0.29) is 0 Å². The van der Waals surface area contributed by atoms with Crippen molar-refractivity contribution < 1.29 is 4.73 Å². The number of nitrogens with zero attached hydrogens (tertiary/aromatic N) is 2. The SMILES string of the molecule is [O-][n+]1ccccc1SN1CCCC1. The predicted octanol–water partition coefficient (Wildman–Crippen LogP) is 1.42. The Bertz CT molecular complexity index is 287. The maximum atomic E-state index is 11.3. The van der Waals surface area contributed by atoms with Crippen molar-refractivity contribution in [3.05, 3.63) is 29.6 Å². The van der Waals surface area contributed by atoms with E-state index >= 15 is 0 Å². The zero-order chi connectivity index (χ0) is 9.10. The van der Waals surface area contributed by atoms with Gasteiger partial charge in [-0.05, 0) is 18.9 Å². The van der Waals surface area contributed by atoms with Gasteiger partial charge in [-0.2, -0.15) is 4.73 Å². The lowest BCUT2D eigenvalue weighted by Crippen LogP contribution is -2.29. The monoisotopic (exact) mass is 196 g/mol. The van der Waals surface area contributed by atoms with Crippen LogP contribution in [0.25, 0.3) is 0 Å². The molecule has 4 heteroatoms. The second-order valence-electron chi connectivity index (χ2n) is 3.09. The smallest absolute Gasteiger partial charge is 0.266 e. The van der Waals surface area contributed by atoms with Crippen LogP contribution in [-0.2, 0) is 0 Å². The first-order valence-electron chi connectivity index (χ1n) is 4.47. The van der Waals surface area contributed by atoms with Crippen LogP contribution in [0, 0.1) is 5.21 Å². The first-order chi connectivity index (χ1) is 6.36. The summed E-state index contributed by atoms with van der Waals surface area (Å²) in [6.45, 7) is 2.19. The van der Waals surface area contributed by atoms with Gasteiger partial charge in [-0.3, -0.25) is 0 Å². The number of hydrogen-bond donors (Lipinski definition) is 0. The highest BCUT2D eigenvalue weighted by Gasteiger charge is 2.16. The first kappa shape index (κ1) is 8.84. The molecule has 0 aromatic carbocycles. The van der Waals surface area contributed by atoms with Crippen molar-refractivity contribution in [3.63, 3.8) is 0 Å². The van der Waals surface area contributed by atoms with Crippen molar-refractivity contribution in [3.8, 4) is 0 Å². The standard InChI is InChI=1S/C9H12N2OS/c12-11-8-2-1-5-9(11)13-10-6-3-4-7-10/h1-2,5,8H,3-4,6-7H2. The Kier molecular flexibility index (Phi) is 2.71. The highest BCUT2D eigenvalue weighted by molar-refractivity contribution is 7.96. The summed E-state index contributed by atoms with van der Waals surface area (Å²) in [5, 5.41) is 12.0. The van der Waals surface area contributed by atoms with Gasteiger partial charge in [0, 0.05) is 37.2 Å². The Hall–Kier alpha value is -0.740. The molecule has 0 spiro atoms. The summed E-state index contributed by atoms with van der Waals surface area (Å²) in [4.78, 5) is 0. The zero-order valence-electron chi connectivity index (χ0n) is 7.35. The van der Waals surface area contributed by atoms with E-state index in [1.807, 2.05) is 12.1 Å². The number of aromatic nitrogens is 1. The molecule has 3 nitrogen and oxygen atoms in total. The Morgan fingerprint density at radius 3 is 2.77 bits per heavy atom. The molecule has 0 atom stereocenters. The second-order valence-corrected chi connectivity index (χ2v) is 4.21. The molecule has 1 aromatic rings. The van der Waals surface area contributed by atoms with Gasteiger partial charge in [0.1, 0.15) is 0 Å². The van der Waals surface area contributed by atoms with Crippen molar-refractivity contribution in [1.29, 1.82) is 0 Å². The fourth-order valence-electron chi connectivity index (χ4n) is 1.39. The van der Waals surface area contributed by atoms with Gasteiger partial charge in [-0.25, -0.2) is 4.31 Å². The van der Waals surface area contributed by atoms with Gasteiger partial charge >= 0.3 is 0 Å². The fourth-order valence-corrected chi connectivity index (χ4v) is 2.38. The van der Waals surface area contributed by atoms with E-state index in [1.165, 1.54) is 12.8 Å². The van der Waals surface area contributed by atoms with Gasteiger partial charge in [-0.15, -0.1) is 0 Å². The summed E-state index contributed by atoms with van der Waals surface area (Å²) in [6, 6.07) is 5.50. The van der Waals surface area contributed by atoms with Crippen molar-refractivity contribution >= 4 is 11.9 Å². The fraction of sp³-hybridized carbons (Fsp3) is 0.444. The van der Waals surface area contributed by atoms with Crippen LogP contribution in [0.3, 0.4) is 0 Å². The molecule has 1 aliphatic rings. The van der Waals surface area contributed by atoms with Crippen LogP contribution in [-0.4, -0.2) is 17.4 Å². The molecule has 0 unspecified atom stereocenters. The van der Waals surface area contributed by atoms with Gasteiger partial charge in [0.2, 0.25) is 0 Å². The molecule has 2 heterocycles. The van der Waals surface area contributed by atoms with Gasteiger partial charge in [-0.1, -0.05) is 0 Å². The first-order valence-corrected chi connectivity index (χ1v) is 5.25. The molecule has 0 N–H and O–H groups in total. The molecule has 0 saturated carbocycles. The molecular weight excluding hydrogens is 184 g/mol. The Morgan fingerprint density at radius 1 is 1.31 bits per heavy atom. The normalized spacial score (nSPS) is 17.8. The lowest BCUT2D eigenvalue weighted by Gasteiger charge is -2.11. The van der Waals surface area contributed by atoms with E-state index in [9.17, 15) is 5.21 Å². The van der Waals surface area contributed by atoms with Gasteiger partial charge in [0.25, 0.3) is 5.03 Å². The van der Waals surface area contributed by atoms with Crippen molar-refractivity contribution in [1.82, 2.24) is 4.31 Å². The molecule has 1 fully saturated rings. The van der Waals surface area contributed by atoms with E-state index in [1.54, 1.807) is 24.2 Å². The Balaban J connectivity index is 2.04. The molecule has 0 aliphatic carbocycles. The third kappa shape index (κ3) is 2.14. The summed E-state index contributed by atoms with van der Waals surface area (Å²) in [6.07, 6.45) is 4.04. The molecule has 0 bridgehead atoms. The summed E-state index contributed by atoms with van der Waals surface area (Å²) in [7, 11) is 0. The van der Waals surface area contributed by atoms with Crippen LogP contribution in [0.4, 0.5) is 0 Å². The quantitative estimate of drug-likeness (QED) is 0.407. The average molecular weight is 196 g/mol. The van der Waals surface area contributed by atoms with Crippen LogP contribution in [0.5, 0.6) is 0 Å². The molecule has 0 radical (unpaired) electrons. The summed E-state index contributed by atoms with van der Waals surface area (Å²) < 4.78 is 3.16. The van der Waals surface area contributed by atoms with Crippen molar-refractivity contribution in [2.45, 2.75) is 17.9 Å². The largest absolute Gasteiger partial charge is 0.618 e. The van der Waals surface area contributed by atoms with Crippen LogP contribution < -0.4 is 4.73 Å². The lowest BCUT2D eigenvalue weighted by atomic mass is 10.4. The summed E-state index contributed by atoms with van der Waals surface area (Å²) >= 11 is 1.56. The molecule has 1 aliphatic heterocycles. The van der Waals surface area contributed by atoms with Gasteiger partial charge < -0.3 is 5.21 Å². The van der Waals surface area contributed by atoms with Crippen molar-refractivity contribution in [2.75, 3.05) is 13.1 Å². The predicted molar refractivity (Wildman–Crippen MR) is 52.1 cm³/mol. The van der Waals surface area contributed by atoms with E-state index in [0.29, 0.717) is 0 Å². The Morgan fingerprint density at radius 2 is 2.08 bits per heavy atom. The number of rotatable bonds is 2. The molecular formula is C9H12N2OS. The molecule has 1 aromatic heterocycles. The number of hydrogen-bond acceptors (Lipinski definition) is 3. The second kappa shape index (κ2) is 3.98. The average Bonchev–Trinajstić information content (AvgIpc) is 2.61. The molecule has 13 heavy (non-hydrogen) atoms. The van der Waals surface area contributed by atoms with Crippen LogP contribution in [0.1, 0.15) is 12.8 Å². The third-order valence-corrected chi connectivity index (χ3v) is 3.20. The van der Waals surface area contributed by atoms with E-state index in [4.69, 9.17) is 0 Å². The highest BCUT2D eigenvalue weighted by atomic mass is 32.2. The molecule has 0 amide bonds. The highest BCUT2D eigenvalue weighted by Crippen LogP contribution is 2.23. The maximum Gasteiger partial charge on any atom is 0.266 e. The minimum Gasteiger partial charge on any atom is -0.618 e. The van der Waals surface area contributed by atoms with Gasteiger partial charge in [0.05, 0.1) is 0 Å². The third-order valence-electron chi connectivity index (χ3n) is 2.08. The summed E-state index contributed by atoms with van der Waals surface area (Å²) in [5.74, 6) is 0. The molecule has 1 saturated heterocycles. The molecule has 2 rings (SSSR count). The van der Waals surface area contributed by atoms with Gasteiger partial charge in [0.15, 0.2) is 6.20 Å². The van der Waals surface area contributed by atoms with E-state index in [0.717, 1.165) is 22.8 Å². The molecule has 70 valence electrons. The van der Waals surface area contributed by atoms with Crippen LogP contribution in [0.2, 0.25) is 0 Å². The minimum atomic E-state index is 0.768.